The first-order valence-electron chi connectivity index (χ1n) is 2.82. The van der Waals surface area contributed by atoms with Gasteiger partial charge in [0.05, 0.1) is 6.04 Å². The number of rotatable bonds is 0. The summed E-state index contributed by atoms with van der Waals surface area (Å²) in [5.74, 6) is 0. The topological polar surface area (TPSA) is 45.3 Å². The third-order valence-electron chi connectivity index (χ3n) is 1.34. The van der Waals surface area contributed by atoms with Crippen LogP contribution >= 0.6 is 0 Å². The molecule has 3 nitrogen and oxygen atoms in total. The van der Waals surface area contributed by atoms with Crippen LogP contribution in [0.3, 0.4) is 0 Å². The van der Waals surface area contributed by atoms with Gasteiger partial charge in [0.15, 0.2) is 0 Å². The first-order valence-corrected chi connectivity index (χ1v) is 2.82. The number of amides is 2. The number of urea groups is 1. The molecule has 1 aliphatic heterocycles. The zero-order valence-corrected chi connectivity index (χ0v) is 5.46. The molecule has 2 amide bonds. The summed E-state index contributed by atoms with van der Waals surface area (Å²) in [6, 6.07) is -0.344. The lowest BCUT2D eigenvalue weighted by atomic mass is 10.1. The molecule has 0 saturated heterocycles. The van der Waals surface area contributed by atoms with Crippen molar-refractivity contribution in [2.75, 3.05) is 0 Å². The summed E-state index contributed by atoms with van der Waals surface area (Å²) in [5.41, 5.74) is 1.04. The molecule has 0 fully saturated rings. The predicted molar refractivity (Wildman–Crippen MR) is 32.9 cm³/mol. The highest BCUT2D eigenvalue weighted by molar-refractivity contribution is 5.76. The molecular weight excluding hydrogens is 116 g/mol. The molecule has 0 aliphatic carbocycles. The van der Waals surface area contributed by atoms with Crippen LogP contribution < -0.4 is 10.6 Å². The zero-order valence-electron chi connectivity index (χ0n) is 5.46. The van der Waals surface area contributed by atoms with Gasteiger partial charge in [0.2, 0.25) is 0 Å². The first-order chi connectivity index (χ1) is 4.20. The minimum absolute atomic E-state index is 0.0231. The first kappa shape index (κ1) is 6.13. The van der Waals surface area contributed by atoms with E-state index in [1.165, 1.54) is 0 Å². The smallest absolute Gasteiger partial charge is 0.244 e. The number of nitrogens with zero attached hydrogens (tertiary/aromatic N) is 2. The summed E-state index contributed by atoms with van der Waals surface area (Å²) in [5, 5.41) is 7.18. The van der Waals surface area contributed by atoms with Crippen molar-refractivity contribution in [2.24, 2.45) is 0 Å². The van der Waals surface area contributed by atoms with Crippen LogP contribution in [0.1, 0.15) is 13.8 Å². The largest absolute Gasteiger partial charge is 0.363 e. The average molecular weight is 124 g/mol. The maximum atomic E-state index is 10.4. The third kappa shape index (κ3) is 1.22. The minimum atomic E-state index is -0.367. The standard InChI is InChI=1S/C6H8N2O/c1-4-3-7-6(9)8-5(4)2/h3,5H,1-2H3. The van der Waals surface area contributed by atoms with Gasteiger partial charge in [-0.05, 0) is 19.4 Å². The highest BCUT2D eigenvalue weighted by atomic mass is 16.2. The summed E-state index contributed by atoms with van der Waals surface area (Å²) in [6.45, 7) is 3.78. The Morgan fingerprint density at radius 2 is 2.33 bits per heavy atom. The monoisotopic (exact) mass is 124 g/mol. The van der Waals surface area contributed by atoms with Gasteiger partial charge in [-0.2, -0.15) is 0 Å². The number of carbonyl (C=O) groups excluding carboxylic acids is 1. The Balaban J connectivity index is 2.67. The van der Waals surface area contributed by atoms with Crippen LogP contribution in [0.4, 0.5) is 4.79 Å². The highest BCUT2D eigenvalue weighted by Crippen LogP contribution is 2.04. The van der Waals surface area contributed by atoms with E-state index in [9.17, 15) is 4.79 Å². The second kappa shape index (κ2) is 2.09. The van der Waals surface area contributed by atoms with Crippen LogP contribution in [0.15, 0.2) is 11.8 Å². The maximum Gasteiger partial charge on any atom is 0.363 e. The molecule has 1 unspecified atom stereocenters. The number of carbonyl (C=O) groups is 1. The van der Waals surface area contributed by atoms with Crippen LogP contribution in [0.2, 0.25) is 0 Å². The van der Waals surface area contributed by atoms with Gasteiger partial charge >= 0.3 is 6.03 Å². The van der Waals surface area contributed by atoms with Crippen molar-refractivity contribution in [1.82, 2.24) is 10.6 Å². The number of hydrogen-bond acceptors (Lipinski definition) is 1. The molecule has 0 saturated carbocycles. The van der Waals surface area contributed by atoms with Gasteiger partial charge in [0.1, 0.15) is 0 Å². The highest BCUT2D eigenvalue weighted by Gasteiger charge is 2.15. The molecule has 0 aromatic carbocycles. The molecule has 0 aromatic rings. The van der Waals surface area contributed by atoms with Gasteiger partial charge in [-0.1, -0.05) is 0 Å². The van der Waals surface area contributed by atoms with Crippen LogP contribution in [-0.4, -0.2) is 12.1 Å². The van der Waals surface area contributed by atoms with E-state index in [0.717, 1.165) is 5.57 Å². The molecule has 1 heterocycles. The molecule has 0 spiro atoms. The Kier molecular flexibility index (Phi) is 1.42. The Morgan fingerprint density at radius 1 is 1.67 bits per heavy atom. The van der Waals surface area contributed by atoms with E-state index in [0.29, 0.717) is 0 Å². The van der Waals surface area contributed by atoms with Crippen molar-refractivity contribution in [1.29, 1.82) is 0 Å². The Bertz CT molecular complexity index is 162. The van der Waals surface area contributed by atoms with Crippen molar-refractivity contribution in [3.05, 3.63) is 11.8 Å². The van der Waals surface area contributed by atoms with Crippen molar-refractivity contribution in [3.63, 3.8) is 0 Å². The van der Waals surface area contributed by atoms with Crippen LogP contribution in [0.5, 0.6) is 0 Å². The molecule has 0 N–H and O–H groups in total. The lowest BCUT2D eigenvalue weighted by Crippen LogP contribution is -2.34. The second-order valence-electron chi connectivity index (χ2n) is 2.09. The fraction of sp³-hybridized carbons (Fsp3) is 0.500. The fourth-order valence-electron chi connectivity index (χ4n) is 0.566. The van der Waals surface area contributed by atoms with Crippen LogP contribution in [-0.2, 0) is 0 Å². The summed E-state index contributed by atoms with van der Waals surface area (Å²) in [7, 11) is 0. The van der Waals surface area contributed by atoms with Gasteiger partial charge < -0.3 is 0 Å². The molecule has 1 atom stereocenters. The van der Waals surface area contributed by atoms with Crippen molar-refractivity contribution in [3.8, 4) is 0 Å². The molecule has 0 aromatic heterocycles. The number of hydrogen-bond donors (Lipinski definition) is 0. The van der Waals surface area contributed by atoms with Crippen LogP contribution in [0.25, 0.3) is 0 Å². The van der Waals surface area contributed by atoms with Crippen molar-refractivity contribution < 1.29 is 4.79 Å². The Hall–Kier alpha value is -0.990. The van der Waals surface area contributed by atoms with Crippen molar-refractivity contribution in [2.45, 2.75) is 19.9 Å². The molecule has 2 radical (unpaired) electrons. The molecule has 9 heavy (non-hydrogen) atoms. The fourth-order valence-corrected chi connectivity index (χ4v) is 0.566. The minimum Gasteiger partial charge on any atom is -0.244 e. The maximum absolute atomic E-state index is 10.4. The Labute approximate surface area is 54.1 Å². The molecule has 0 bridgehead atoms. The van der Waals surface area contributed by atoms with E-state index in [-0.39, 0.29) is 12.1 Å². The van der Waals surface area contributed by atoms with E-state index >= 15 is 0 Å². The molecule has 48 valence electrons. The van der Waals surface area contributed by atoms with E-state index in [2.05, 4.69) is 10.6 Å². The van der Waals surface area contributed by atoms with Crippen molar-refractivity contribution >= 4 is 6.03 Å². The average Bonchev–Trinajstić information content (AvgIpc) is 1.80. The van der Waals surface area contributed by atoms with Gasteiger partial charge in [-0.25, -0.2) is 15.4 Å². The predicted octanol–water partition coefficient (Wildman–Crippen LogP) is 0.621. The zero-order chi connectivity index (χ0) is 6.85. The molecule has 1 aliphatic rings. The van der Waals surface area contributed by atoms with Gasteiger partial charge in [0.25, 0.3) is 0 Å². The molecule has 1 rings (SSSR count). The third-order valence-corrected chi connectivity index (χ3v) is 1.34. The van der Waals surface area contributed by atoms with E-state index in [4.69, 9.17) is 0 Å². The molecular formula is C6H8N2O. The molecule has 3 heteroatoms. The SMILES string of the molecule is CC1=C[N]C(=O)[N]C1C. The quantitative estimate of drug-likeness (QED) is 0.467. The summed E-state index contributed by atoms with van der Waals surface area (Å²) >= 11 is 0. The Morgan fingerprint density at radius 3 is 2.78 bits per heavy atom. The van der Waals surface area contributed by atoms with Gasteiger partial charge in [-0.3, -0.25) is 0 Å². The van der Waals surface area contributed by atoms with Crippen LogP contribution in [0, 0.1) is 0 Å². The second-order valence-corrected chi connectivity index (χ2v) is 2.09. The van der Waals surface area contributed by atoms with E-state index in [1.54, 1.807) is 6.20 Å². The summed E-state index contributed by atoms with van der Waals surface area (Å²) in [6.07, 6.45) is 1.57. The normalized spacial score (nSPS) is 26.2. The van der Waals surface area contributed by atoms with E-state index in [1.807, 2.05) is 13.8 Å². The summed E-state index contributed by atoms with van der Waals surface area (Å²) < 4.78 is 0. The lowest BCUT2D eigenvalue weighted by Gasteiger charge is -2.14. The van der Waals surface area contributed by atoms with E-state index < -0.39 is 0 Å². The van der Waals surface area contributed by atoms with Gasteiger partial charge in [0, 0.05) is 6.20 Å². The summed E-state index contributed by atoms with van der Waals surface area (Å²) in [4.78, 5) is 10.4. The lowest BCUT2D eigenvalue weighted by molar-refractivity contribution is 0.239. The van der Waals surface area contributed by atoms with Gasteiger partial charge in [-0.15, -0.1) is 0 Å².